The van der Waals surface area contributed by atoms with Crippen LogP contribution in [0, 0.1) is 5.41 Å². The Morgan fingerprint density at radius 3 is 2.26 bits per heavy atom. The molecule has 0 aromatic heterocycles. The van der Waals surface area contributed by atoms with Crippen LogP contribution in [-0.4, -0.2) is 25.0 Å². The zero-order chi connectivity index (χ0) is 20.2. The third kappa shape index (κ3) is 4.94. The van der Waals surface area contributed by atoms with E-state index in [9.17, 15) is 14.4 Å². The lowest BCUT2D eigenvalue weighted by Gasteiger charge is -2.16. The molecule has 1 amide bonds. The first-order chi connectivity index (χ1) is 12.6. The Labute approximate surface area is 158 Å². The number of esters is 2. The van der Waals surface area contributed by atoms with Crippen molar-refractivity contribution in [3.05, 3.63) is 47.7 Å². The van der Waals surface area contributed by atoms with E-state index >= 15 is 0 Å². The summed E-state index contributed by atoms with van der Waals surface area (Å²) in [5, 5.41) is 2.48. The topological polar surface area (TPSA) is 81.7 Å². The van der Waals surface area contributed by atoms with Crippen LogP contribution < -0.4 is 10.1 Å². The Balaban J connectivity index is 2.48. The smallest absolute Gasteiger partial charge is 0.354 e. The molecule has 1 N–H and O–H groups in total. The maximum absolute atomic E-state index is 12.2. The first-order valence-corrected chi connectivity index (χ1v) is 8.45. The van der Waals surface area contributed by atoms with Crippen molar-refractivity contribution in [2.45, 2.75) is 27.7 Å². The third-order valence-corrected chi connectivity index (χ3v) is 3.75. The second-order valence-corrected chi connectivity index (χ2v) is 7.07. The minimum Gasteiger partial charge on any atom is -0.464 e. The standard InChI is InChI=1S/C21H23NO5/c1-13(23)22-17(19(24)26-5)12-14-8-6-7-9-16-15(14)10-11-18(16)27-20(25)21(2,3)4/h6-12H,1-5H3,(H,22,23)/b17-12-. The molecule has 0 unspecified atom stereocenters. The predicted molar refractivity (Wildman–Crippen MR) is 102 cm³/mol. The van der Waals surface area contributed by atoms with Crippen LogP contribution in [0.4, 0.5) is 0 Å². The van der Waals surface area contributed by atoms with Crippen molar-refractivity contribution >= 4 is 23.9 Å². The van der Waals surface area contributed by atoms with E-state index in [0.29, 0.717) is 11.3 Å². The molecule has 0 aromatic carbocycles. The first-order valence-electron chi connectivity index (χ1n) is 8.45. The molecule has 0 aliphatic heterocycles. The summed E-state index contributed by atoms with van der Waals surface area (Å²) in [6.45, 7) is 6.66. The van der Waals surface area contributed by atoms with E-state index in [4.69, 9.17) is 9.47 Å². The Morgan fingerprint density at radius 2 is 1.67 bits per heavy atom. The SMILES string of the molecule is COC(=O)/C(=C/c1ccccc2c(OC(=O)C(C)(C)C)ccc1-2)NC(C)=O. The maximum Gasteiger partial charge on any atom is 0.354 e. The molecule has 6 heteroatoms. The van der Waals surface area contributed by atoms with Gasteiger partial charge in [0.15, 0.2) is 0 Å². The summed E-state index contributed by atoms with van der Waals surface area (Å²) in [4.78, 5) is 35.6. The Kier molecular flexibility index (Phi) is 6.00. The molecule has 0 bridgehead atoms. The molecular formula is C21H23NO5. The number of hydrogen-bond donors (Lipinski definition) is 1. The molecule has 2 aliphatic rings. The van der Waals surface area contributed by atoms with E-state index in [1.165, 1.54) is 20.1 Å². The van der Waals surface area contributed by atoms with E-state index in [0.717, 1.165) is 11.1 Å². The molecular weight excluding hydrogens is 346 g/mol. The molecule has 0 saturated heterocycles. The summed E-state index contributed by atoms with van der Waals surface area (Å²) < 4.78 is 10.3. The Morgan fingerprint density at radius 1 is 1.00 bits per heavy atom. The van der Waals surface area contributed by atoms with Gasteiger partial charge in [0.2, 0.25) is 5.91 Å². The van der Waals surface area contributed by atoms with Crippen LogP contribution in [0.5, 0.6) is 5.75 Å². The molecule has 27 heavy (non-hydrogen) atoms. The van der Waals surface area contributed by atoms with Crippen molar-refractivity contribution < 1.29 is 23.9 Å². The maximum atomic E-state index is 12.2. The number of rotatable bonds is 4. The van der Waals surface area contributed by atoms with Crippen molar-refractivity contribution in [1.82, 2.24) is 5.32 Å². The van der Waals surface area contributed by atoms with E-state index in [-0.39, 0.29) is 17.6 Å². The molecule has 0 aromatic rings. The molecule has 0 atom stereocenters. The summed E-state index contributed by atoms with van der Waals surface area (Å²) >= 11 is 0. The van der Waals surface area contributed by atoms with Crippen LogP contribution in [0.1, 0.15) is 33.3 Å². The van der Waals surface area contributed by atoms with E-state index in [1.807, 2.05) is 12.1 Å². The fourth-order valence-electron chi connectivity index (χ4n) is 2.36. The lowest BCUT2D eigenvalue weighted by molar-refractivity contribution is -0.143. The largest absolute Gasteiger partial charge is 0.464 e. The van der Waals surface area contributed by atoms with Crippen LogP contribution in [0.25, 0.3) is 17.2 Å². The molecule has 0 saturated carbocycles. The minimum absolute atomic E-state index is 0.0203. The summed E-state index contributed by atoms with van der Waals surface area (Å²) in [6, 6.07) is 10.7. The molecule has 2 aliphatic carbocycles. The molecule has 0 heterocycles. The molecule has 6 nitrogen and oxygen atoms in total. The van der Waals surface area contributed by atoms with Gasteiger partial charge >= 0.3 is 11.9 Å². The number of carbonyl (C=O) groups excluding carboxylic acids is 3. The van der Waals surface area contributed by atoms with E-state index < -0.39 is 11.4 Å². The quantitative estimate of drug-likeness (QED) is 0.660. The van der Waals surface area contributed by atoms with Crippen molar-refractivity contribution in [2.75, 3.05) is 7.11 Å². The lowest BCUT2D eigenvalue weighted by atomic mass is 9.97. The van der Waals surface area contributed by atoms with Crippen molar-refractivity contribution in [3.63, 3.8) is 0 Å². The number of hydrogen-bond acceptors (Lipinski definition) is 5. The first kappa shape index (κ1) is 20.2. The Bertz CT molecular complexity index is 877. The molecule has 142 valence electrons. The summed E-state index contributed by atoms with van der Waals surface area (Å²) in [7, 11) is 1.24. The highest BCUT2D eigenvalue weighted by atomic mass is 16.5. The summed E-state index contributed by atoms with van der Waals surface area (Å²) in [5.74, 6) is -0.941. The van der Waals surface area contributed by atoms with Crippen LogP contribution >= 0.6 is 0 Å². The highest BCUT2D eigenvalue weighted by Gasteiger charge is 2.25. The van der Waals surface area contributed by atoms with Gasteiger partial charge in [-0.05, 0) is 50.1 Å². The van der Waals surface area contributed by atoms with Gasteiger partial charge in [-0.3, -0.25) is 9.59 Å². The van der Waals surface area contributed by atoms with Crippen LogP contribution in [0.15, 0.2) is 42.1 Å². The van der Waals surface area contributed by atoms with Gasteiger partial charge in [-0.15, -0.1) is 0 Å². The highest BCUT2D eigenvalue weighted by molar-refractivity contribution is 5.99. The number of amides is 1. The van der Waals surface area contributed by atoms with Gasteiger partial charge in [0, 0.05) is 12.5 Å². The third-order valence-electron chi connectivity index (χ3n) is 3.75. The van der Waals surface area contributed by atoms with Gasteiger partial charge in [-0.2, -0.15) is 0 Å². The monoisotopic (exact) mass is 369 g/mol. The average molecular weight is 369 g/mol. The van der Waals surface area contributed by atoms with Gasteiger partial charge in [0.05, 0.1) is 12.5 Å². The van der Waals surface area contributed by atoms with Crippen LogP contribution in [-0.2, 0) is 19.1 Å². The number of carbonyl (C=O) groups is 3. The fraction of sp³-hybridized carbons (Fsp3) is 0.286. The zero-order valence-electron chi connectivity index (χ0n) is 16.1. The number of fused-ring (bicyclic) bond motifs is 1. The average Bonchev–Trinajstić information content (AvgIpc) is 2.86. The van der Waals surface area contributed by atoms with Gasteiger partial charge in [0.1, 0.15) is 11.4 Å². The van der Waals surface area contributed by atoms with Crippen molar-refractivity contribution in [1.29, 1.82) is 0 Å². The number of nitrogens with one attached hydrogen (secondary N) is 1. The normalized spacial score (nSPS) is 11.8. The molecule has 0 spiro atoms. The van der Waals surface area contributed by atoms with Gasteiger partial charge in [-0.1, -0.05) is 24.3 Å². The summed E-state index contributed by atoms with van der Waals surface area (Å²) in [6.07, 6.45) is 1.53. The van der Waals surface area contributed by atoms with E-state index in [1.54, 1.807) is 45.0 Å². The molecule has 0 fully saturated rings. The predicted octanol–water partition coefficient (Wildman–Crippen LogP) is 3.39. The lowest BCUT2D eigenvalue weighted by Crippen LogP contribution is -2.25. The number of ether oxygens (including phenoxy) is 2. The van der Waals surface area contributed by atoms with Crippen molar-refractivity contribution in [2.24, 2.45) is 5.41 Å². The highest BCUT2D eigenvalue weighted by Crippen LogP contribution is 2.37. The molecule has 0 radical (unpaired) electrons. The summed E-state index contributed by atoms with van der Waals surface area (Å²) in [5.41, 5.74) is 1.54. The minimum atomic E-state index is -0.657. The number of methoxy groups -OCH3 is 1. The van der Waals surface area contributed by atoms with Crippen LogP contribution in [0.2, 0.25) is 0 Å². The second-order valence-electron chi connectivity index (χ2n) is 7.07. The van der Waals surface area contributed by atoms with Crippen molar-refractivity contribution in [3.8, 4) is 16.9 Å². The van der Waals surface area contributed by atoms with E-state index in [2.05, 4.69) is 5.32 Å². The van der Waals surface area contributed by atoms with Crippen LogP contribution in [0.3, 0.4) is 0 Å². The zero-order valence-corrected chi connectivity index (χ0v) is 16.1. The fourth-order valence-corrected chi connectivity index (χ4v) is 2.36. The van der Waals surface area contributed by atoms with Gasteiger partial charge in [0.25, 0.3) is 0 Å². The van der Waals surface area contributed by atoms with Gasteiger partial charge in [-0.25, -0.2) is 4.79 Å². The second kappa shape index (κ2) is 8.03. The Hall–Kier alpha value is -3.15. The molecule has 2 rings (SSSR count). The van der Waals surface area contributed by atoms with Gasteiger partial charge < -0.3 is 14.8 Å².